The van der Waals surface area contributed by atoms with Gasteiger partial charge in [0.2, 0.25) is 17.7 Å². The fourth-order valence-corrected chi connectivity index (χ4v) is 5.02. The molecule has 3 amide bonds. The van der Waals surface area contributed by atoms with Gasteiger partial charge in [0.1, 0.15) is 5.82 Å². The Hall–Kier alpha value is -3.63. The zero-order chi connectivity index (χ0) is 32.6. The van der Waals surface area contributed by atoms with Crippen molar-refractivity contribution in [1.29, 1.82) is 0 Å². The van der Waals surface area contributed by atoms with E-state index in [-0.39, 0.29) is 42.7 Å². The Morgan fingerprint density at radius 3 is 2.00 bits per heavy atom. The van der Waals surface area contributed by atoms with Crippen LogP contribution < -0.4 is 22.5 Å². The normalized spacial score (nSPS) is 14.4. The van der Waals surface area contributed by atoms with Gasteiger partial charge in [-0.25, -0.2) is 4.39 Å². The number of hydrogen-bond donors (Lipinski definition) is 4. The van der Waals surface area contributed by atoms with E-state index >= 15 is 0 Å². The summed E-state index contributed by atoms with van der Waals surface area (Å²) in [4.78, 5) is 46.5. The third-order valence-electron chi connectivity index (χ3n) is 7.85. The van der Waals surface area contributed by atoms with Crippen molar-refractivity contribution in [3.05, 3.63) is 71.5 Å². The summed E-state index contributed by atoms with van der Waals surface area (Å²) < 4.78 is 14.0. The minimum Gasteiger partial charge on any atom is -0.370 e. The second-order valence-corrected chi connectivity index (χ2v) is 11.2. The minimum absolute atomic E-state index is 0.0128. The highest BCUT2D eigenvalue weighted by Crippen LogP contribution is 2.41. The van der Waals surface area contributed by atoms with E-state index in [0.717, 1.165) is 31.5 Å². The zero-order valence-electron chi connectivity index (χ0n) is 26.3. The second-order valence-electron chi connectivity index (χ2n) is 11.2. The van der Waals surface area contributed by atoms with Crippen molar-refractivity contribution in [3.63, 3.8) is 0 Å². The second kappa shape index (κ2) is 18.8. The van der Waals surface area contributed by atoms with Crippen molar-refractivity contribution in [3.8, 4) is 0 Å². The molecule has 2 rings (SSSR count). The number of nitrogens with one attached hydrogen (secondary N) is 1. The summed E-state index contributed by atoms with van der Waals surface area (Å²) in [6.45, 7) is 10.0. The summed E-state index contributed by atoms with van der Waals surface area (Å²) >= 11 is 0. The van der Waals surface area contributed by atoms with Crippen LogP contribution in [0.5, 0.6) is 0 Å². The lowest BCUT2D eigenvalue weighted by Crippen LogP contribution is -2.48. The molecular formula is C33H50FN5O4. The summed E-state index contributed by atoms with van der Waals surface area (Å²) in [6.07, 6.45) is 2.44. The molecule has 0 radical (unpaired) electrons. The Balaban J connectivity index is 0.000000444. The molecule has 0 spiro atoms. The van der Waals surface area contributed by atoms with Crippen molar-refractivity contribution in [1.82, 2.24) is 10.2 Å². The number of primary amides is 2. The van der Waals surface area contributed by atoms with Crippen molar-refractivity contribution in [2.75, 3.05) is 20.1 Å². The Morgan fingerprint density at radius 2 is 1.49 bits per heavy atom. The van der Waals surface area contributed by atoms with Gasteiger partial charge < -0.3 is 27.4 Å². The fourth-order valence-electron chi connectivity index (χ4n) is 5.02. The van der Waals surface area contributed by atoms with Gasteiger partial charge in [-0.05, 0) is 69.0 Å². The minimum atomic E-state index is -0.928. The average molecular weight is 600 g/mol. The van der Waals surface area contributed by atoms with Crippen LogP contribution in [0.4, 0.5) is 4.39 Å². The first-order valence-corrected chi connectivity index (χ1v) is 14.9. The van der Waals surface area contributed by atoms with Crippen LogP contribution in [-0.2, 0) is 24.6 Å². The van der Waals surface area contributed by atoms with Gasteiger partial charge in [0, 0.05) is 24.8 Å². The lowest BCUT2D eigenvalue weighted by atomic mass is 9.65. The van der Waals surface area contributed by atoms with Gasteiger partial charge in [-0.15, -0.1) is 0 Å². The monoisotopic (exact) mass is 599 g/mol. The number of ketones is 1. The number of nitrogens with two attached hydrogens (primary N) is 3. The molecule has 43 heavy (non-hydrogen) atoms. The van der Waals surface area contributed by atoms with Gasteiger partial charge >= 0.3 is 0 Å². The smallest absolute Gasteiger partial charge is 0.237 e. The number of carbonyl (C=O) groups excluding carboxylic acids is 4. The van der Waals surface area contributed by atoms with E-state index < -0.39 is 29.8 Å². The molecule has 2 aromatic carbocycles. The molecule has 0 aliphatic carbocycles. The molecule has 4 atom stereocenters. The number of nitrogens with zero attached hydrogens (tertiary/aromatic N) is 1. The van der Waals surface area contributed by atoms with Gasteiger partial charge in [0.05, 0.1) is 12.1 Å². The number of halogens is 1. The lowest BCUT2D eigenvalue weighted by molar-refractivity contribution is -0.128. The molecule has 0 bridgehead atoms. The standard InChI is InChI=1S/C22H30FN.C11H20N4O4/c1-5-11-20(17-24(4)6-2)22(3,18-12-8-7-9-13-18)19-14-10-15-21(23)16-19;1-6(16)8(3-5-10(14)18)15-11(19)7(12)2-4-9(13)17/h7-10,12-16,20H,5-6,11,17H2,1-4H3;7-8H,2-5,12H2,1H3,(H2,13,17)(H2,14,18)(H,15,19)/t;7-,8-/m.0/s1. The molecule has 2 aromatic rings. The first-order valence-electron chi connectivity index (χ1n) is 14.9. The van der Waals surface area contributed by atoms with Crippen LogP contribution in [0, 0.1) is 11.7 Å². The summed E-state index contributed by atoms with van der Waals surface area (Å²) in [5.74, 6) is -1.70. The van der Waals surface area contributed by atoms with Crippen LogP contribution in [-0.4, -0.2) is 60.6 Å². The molecular weight excluding hydrogens is 549 g/mol. The largest absolute Gasteiger partial charge is 0.370 e. The van der Waals surface area contributed by atoms with E-state index in [1.165, 1.54) is 18.6 Å². The SMILES string of the molecule is CC(=O)[C@H](CCC(N)=O)NC(=O)[C@@H](N)CCC(N)=O.CCCC(CN(C)CC)C(C)(c1ccccc1)c1cccc(F)c1. The Kier molecular flexibility index (Phi) is 16.4. The van der Waals surface area contributed by atoms with Crippen LogP contribution in [0.25, 0.3) is 0 Å². The van der Waals surface area contributed by atoms with E-state index in [2.05, 4.69) is 68.4 Å². The van der Waals surface area contributed by atoms with E-state index in [4.69, 9.17) is 17.2 Å². The maximum atomic E-state index is 14.0. The van der Waals surface area contributed by atoms with Gasteiger partial charge in [-0.1, -0.05) is 69.7 Å². The van der Waals surface area contributed by atoms with Crippen molar-refractivity contribution in [2.24, 2.45) is 23.1 Å². The average Bonchev–Trinajstić information content (AvgIpc) is 2.97. The number of amides is 3. The van der Waals surface area contributed by atoms with Crippen LogP contribution in [0.1, 0.15) is 77.3 Å². The van der Waals surface area contributed by atoms with E-state index in [1.54, 1.807) is 6.07 Å². The molecule has 0 aromatic heterocycles. The molecule has 2 unspecified atom stereocenters. The van der Waals surface area contributed by atoms with Gasteiger partial charge in [0.25, 0.3) is 0 Å². The topological polar surface area (TPSA) is 162 Å². The maximum Gasteiger partial charge on any atom is 0.237 e. The maximum absolute atomic E-state index is 14.0. The number of carbonyl (C=O) groups is 4. The lowest BCUT2D eigenvalue weighted by Gasteiger charge is -2.41. The van der Waals surface area contributed by atoms with Gasteiger partial charge in [-0.2, -0.15) is 0 Å². The van der Waals surface area contributed by atoms with Gasteiger partial charge in [0.15, 0.2) is 5.78 Å². The highest BCUT2D eigenvalue weighted by atomic mass is 19.1. The van der Waals surface area contributed by atoms with E-state index in [1.807, 2.05) is 12.1 Å². The quantitative estimate of drug-likeness (QED) is 0.218. The molecule has 0 heterocycles. The van der Waals surface area contributed by atoms with Crippen LogP contribution in [0.3, 0.4) is 0 Å². The number of Topliss-reactive ketones (excluding diaryl/α,β-unsaturated/α-hetero) is 1. The molecule has 7 N–H and O–H groups in total. The van der Waals surface area contributed by atoms with Crippen LogP contribution in [0.2, 0.25) is 0 Å². The van der Waals surface area contributed by atoms with Crippen molar-refractivity contribution < 1.29 is 23.6 Å². The number of benzene rings is 2. The predicted octanol–water partition coefficient (Wildman–Crippen LogP) is 3.42. The summed E-state index contributed by atoms with van der Waals surface area (Å²) in [5.41, 5.74) is 17.6. The molecule has 0 aliphatic heterocycles. The van der Waals surface area contributed by atoms with Crippen molar-refractivity contribution in [2.45, 2.75) is 83.7 Å². The number of rotatable bonds is 17. The third-order valence-corrected chi connectivity index (χ3v) is 7.85. The third kappa shape index (κ3) is 12.6. The highest BCUT2D eigenvalue weighted by Gasteiger charge is 2.37. The summed E-state index contributed by atoms with van der Waals surface area (Å²) in [5, 5.41) is 2.42. The molecule has 0 fully saturated rings. The molecule has 0 saturated heterocycles. The Bertz CT molecular complexity index is 1180. The van der Waals surface area contributed by atoms with Crippen LogP contribution in [0.15, 0.2) is 54.6 Å². The number of hydrogen-bond acceptors (Lipinski definition) is 6. The Labute approximate surface area is 255 Å². The van der Waals surface area contributed by atoms with Gasteiger partial charge in [-0.3, -0.25) is 19.2 Å². The zero-order valence-corrected chi connectivity index (χ0v) is 26.3. The highest BCUT2D eigenvalue weighted by molar-refractivity contribution is 5.90. The molecule has 0 aliphatic rings. The van der Waals surface area contributed by atoms with Crippen molar-refractivity contribution >= 4 is 23.5 Å². The summed E-state index contributed by atoms with van der Waals surface area (Å²) in [6, 6.07) is 16.0. The van der Waals surface area contributed by atoms with E-state index in [0.29, 0.717) is 5.92 Å². The molecule has 10 heteroatoms. The molecule has 0 saturated carbocycles. The Morgan fingerprint density at radius 1 is 0.907 bits per heavy atom. The molecule has 9 nitrogen and oxygen atoms in total. The first-order chi connectivity index (χ1) is 20.3. The summed E-state index contributed by atoms with van der Waals surface area (Å²) in [7, 11) is 2.17. The molecule has 238 valence electrons. The first kappa shape index (κ1) is 37.4. The van der Waals surface area contributed by atoms with Crippen LogP contribution >= 0.6 is 0 Å². The van der Waals surface area contributed by atoms with E-state index in [9.17, 15) is 23.6 Å². The fraction of sp³-hybridized carbons (Fsp3) is 0.515. The predicted molar refractivity (Wildman–Crippen MR) is 168 cm³/mol.